The lowest BCUT2D eigenvalue weighted by molar-refractivity contribution is -0.0576. The number of nitrogens with one attached hydrogen (secondary N) is 1. The highest BCUT2D eigenvalue weighted by molar-refractivity contribution is 6.33. The van der Waals surface area contributed by atoms with Gasteiger partial charge in [-0.1, -0.05) is 11.6 Å². The first-order chi connectivity index (χ1) is 15.6. The van der Waals surface area contributed by atoms with Crippen molar-refractivity contribution in [2.75, 3.05) is 59.7 Å². The van der Waals surface area contributed by atoms with Crippen molar-refractivity contribution >= 4 is 17.5 Å². The molecule has 0 unspecified atom stereocenters. The zero-order chi connectivity index (χ0) is 22.5. The Balaban J connectivity index is 1.33. The number of likely N-dealkylation sites (tertiary alicyclic amines) is 1. The van der Waals surface area contributed by atoms with E-state index < -0.39 is 6.10 Å². The number of aliphatic hydroxyl groups is 1. The minimum absolute atomic E-state index is 0.0290. The lowest BCUT2D eigenvalue weighted by atomic mass is 9.93. The zero-order valence-electron chi connectivity index (χ0n) is 18.3. The van der Waals surface area contributed by atoms with Gasteiger partial charge in [0.1, 0.15) is 0 Å². The molecule has 3 aliphatic rings. The molecule has 178 valence electrons. The Morgan fingerprint density at radius 2 is 2.00 bits per heavy atom. The van der Waals surface area contributed by atoms with Crippen LogP contribution in [0.2, 0.25) is 5.02 Å². The molecule has 1 aromatic carbocycles. The van der Waals surface area contributed by atoms with Crippen molar-refractivity contribution in [3.8, 4) is 17.2 Å². The number of rotatable bonds is 7. The molecule has 2 atom stereocenters. The van der Waals surface area contributed by atoms with Crippen molar-refractivity contribution in [1.29, 1.82) is 0 Å². The third-order valence-electron chi connectivity index (χ3n) is 6.08. The number of aliphatic hydroxyl groups excluding tert-OH is 1. The highest BCUT2D eigenvalue weighted by Crippen LogP contribution is 2.46. The van der Waals surface area contributed by atoms with Crippen LogP contribution in [0.5, 0.6) is 17.2 Å². The summed E-state index contributed by atoms with van der Waals surface area (Å²) < 4.78 is 27.8. The van der Waals surface area contributed by atoms with Crippen molar-refractivity contribution < 1.29 is 33.6 Å². The Kier molecular flexibility index (Phi) is 7.96. The van der Waals surface area contributed by atoms with E-state index in [1.165, 1.54) is 13.2 Å². The number of β-amino-alcohol motifs (C(OH)–C–C–N with tert-alkyl or cyclic N) is 1. The number of amides is 1. The van der Waals surface area contributed by atoms with Gasteiger partial charge in [0.25, 0.3) is 5.91 Å². The molecule has 4 rings (SSSR count). The fourth-order valence-corrected chi connectivity index (χ4v) is 4.57. The number of methoxy groups -OCH3 is 1. The van der Waals surface area contributed by atoms with Crippen molar-refractivity contribution in [1.82, 2.24) is 10.2 Å². The van der Waals surface area contributed by atoms with E-state index in [1.807, 2.05) is 0 Å². The van der Waals surface area contributed by atoms with Gasteiger partial charge in [0, 0.05) is 38.4 Å². The Morgan fingerprint density at radius 3 is 2.72 bits per heavy atom. The largest absolute Gasteiger partial charge is 0.491 e. The standard InChI is InChI=1S/C22H31ClN2O7/c1-28-20-16(23)11-15(19-21(20)32-8-2-7-31-19)22(27)24-12-14-3-5-25(13-17(14)26)6-4-18-29-9-10-30-18/h11,14,17-18,26H,2-10,12-13H2,1H3,(H,24,27)/t14-,17+/m0/s1. The first kappa shape index (κ1) is 23.4. The average molecular weight is 471 g/mol. The van der Waals surface area contributed by atoms with Gasteiger partial charge in [0.2, 0.25) is 5.75 Å². The Morgan fingerprint density at radius 1 is 1.25 bits per heavy atom. The van der Waals surface area contributed by atoms with Crippen LogP contribution >= 0.6 is 11.6 Å². The van der Waals surface area contributed by atoms with Gasteiger partial charge in [0.15, 0.2) is 17.8 Å². The summed E-state index contributed by atoms with van der Waals surface area (Å²) in [6.07, 6.45) is 1.61. The lowest BCUT2D eigenvalue weighted by Crippen LogP contribution is -2.48. The maximum absolute atomic E-state index is 13.0. The Labute approximate surface area is 192 Å². The van der Waals surface area contributed by atoms with E-state index in [1.54, 1.807) is 0 Å². The first-order valence-electron chi connectivity index (χ1n) is 11.1. The number of fused-ring (bicyclic) bond motifs is 1. The van der Waals surface area contributed by atoms with E-state index in [-0.39, 0.29) is 23.1 Å². The van der Waals surface area contributed by atoms with Gasteiger partial charge in [-0.05, 0) is 19.0 Å². The molecule has 2 fully saturated rings. The van der Waals surface area contributed by atoms with E-state index in [4.69, 9.17) is 35.3 Å². The highest BCUT2D eigenvalue weighted by atomic mass is 35.5. The van der Waals surface area contributed by atoms with Crippen molar-refractivity contribution in [2.24, 2.45) is 5.92 Å². The third-order valence-corrected chi connectivity index (χ3v) is 6.36. The van der Waals surface area contributed by atoms with Crippen LogP contribution in [0, 0.1) is 5.92 Å². The molecule has 0 saturated carbocycles. The molecule has 2 N–H and O–H groups in total. The molecular formula is C22H31ClN2O7. The molecule has 9 nitrogen and oxygen atoms in total. The van der Waals surface area contributed by atoms with Gasteiger partial charge in [-0.3, -0.25) is 4.79 Å². The van der Waals surface area contributed by atoms with Crippen molar-refractivity contribution in [3.05, 3.63) is 16.7 Å². The van der Waals surface area contributed by atoms with Gasteiger partial charge in [-0.25, -0.2) is 0 Å². The zero-order valence-corrected chi connectivity index (χ0v) is 19.1. The van der Waals surface area contributed by atoms with Crippen molar-refractivity contribution in [2.45, 2.75) is 31.7 Å². The third kappa shape index (κ3) is 5.40. The molecule has 0 aromatic heterocycles. The minimum Gasteiger partial charge on any atom is -0.491 e. The van der Waals surface area contributed by atoms with Gasteiger partial charge in [-0.2, -0.15) is 0 Å². The maximum atomic E-state index is 13.0. The molecule has 3 heterocycles. The second-order valence-corrected chi connectivity index (χ2v) is 8.64. The molecule has 0 aliphatic carbocycles. The van der Waals surface area contributed by atoms with E-state index in [9.17, 15) is 9.90 Å². The van der Waals surface area contributed by atoms with Crippen LogP contribution < -0.4 is 19.5 Å². The monoisotopic (exact) mass is 470 g/mol. The summed E-state index contributed by atoms with van der Waals surface area (Å²) in [5.41, 5.74) is 0.302. The summed E-state index contributed by atoms with van der Waals surface area (Å²) in [4.78, 5) is 15.2. The molecule has 0 bridgehead atoms. The van der Waals surface area contributed by atoms with Crippen LogP contribution in [0.1, 0.15) is 29.6 Å². The van der Waals surface area contributed by atoms with Gasteiger partial charge < -0.3 is 39.0 Å². The van der Waals surface area contributed by atoms with Crippen LogP contribution in [0.4, 0.5) is 0 Å². The summed E-state index contributed by atoms with van der Waals surface area (Å²) in [5.74, 6) is 0.704. The van der Waals surface area contributed by atoms with E-state index >= 15 is 0 Å². The average Bonchev–Trinajstić information content (AvgIpc) is 3.20. The number of ether oxygens (including phenoxy) is 5. The number of piperidine rings is 1. The lowest BCUT2D eigenvalue weighted by Gasteiger charge is -2.36. The molecule has 1 aromatic rings. The number of hydrogen-bond donors (Lipinski definition) is 2. The first-order valence-corrected chi connectivity index (χ1v) is 11.5. The van der Waals surface area contributed by atoms with E-state index in [0.717, 1.165) is 25.9 Å². The summed E-state index contributed by atoms with van der Waals surface area (Å²) in [6, 6.07) is 1.54. The van der Waals surface area contributed by atoms with Crippen LogP contribution in [0.3, 0.4) is 0 Å². The predicted molar refractivity (Wildman–Crippen MR) is 117 cm³/mol. The normalized spacial score (nSPS) is 24.2. The number of benzene rings is 1. The molecule has 1 amide bonds. The maximum Gasteiger partial charge on any atom is 0.255 e. The van der Waals surface area contributed by atoms with E-state index in [2.05, 4.69) is 10.2 Å². The molecule has 0 spiro atoms. The van der Waals surface area contributed by atoms with Crippen LogP contribution in [0.15, 0.2) is 6.07 Å². The second kappa shape index (κ2) is 10.9. The fourth-order valence-electron chi connectivity index (χ4n) is 4.30. The summed E-state index contributed by atoms with van der Waals surface area (Å²) in [7, 11) is 1.50. The molecule has 32 heavy (non-hydrogen) atoms. The summed E-state index contributed by atoms with van der Waals surface area (Å²) in [5, 5.41) is 13.8. The smallest absolute Gasteiger partial charge is 0.255 e. The van der Waals surface area contributed by atoms with Gasteiger partial charge >= 0.3 is 0 Å². The number of halogens is 1. The molecule has 0 radical (unpaired) electrons. The molecule has 10 heteroatoms. The van der Waals surface area contributed by atoms with Crippen LogP contribution in [-0.2, 0) is 9.47 Å². The van der Waals surface area contributed by atoms with Gasteiger partial charge in [-0.15, -0.1) is 0 Å². The van der Waals surface area contributed by atoms with Gasteiger partial charge in [0.05, 0.1) is 50.2 Å². The summed E-state index contributed by atoms with van der Waals surface area (Å²) >= 11 is 6.32. The number of carbonyl (C=O) groups is 1. The highest BCUT2D eigenvalue weighted by Gasteiger charge is 2.30. The molecule has 3 aliphatic heterocycles. The Bertz CT molecular complexity index is 803. The number of hydrogen-bond acceptors (Lipinski definition) is 8. The quantitative estimate of drug-likeness (QED) is 0.621. The number of nitrogens with zero attached hydrogens (tertiary/aromatic N) is 1. The van der Waals surface area contributed by atoms with Crippen molar-refractivity contribution in [3.63, 3.8) is 0 Å². The summed E-state index contributed by atoms with van der Waals surface area (Å²) in [6.45, 7) is 4.78. The van der Waals surface area contributed by atoms with Crippen LogP contribution in [-0.4, -0.2) is 88.0 Å². The predicted octanol–water partition coefficient (Wildman–Crippen LogP) is 1.69. The fraction of sp³-hybridized carbons (Fsp3) is 0.682. The second-order valence-electron chi connectivity index (χ2n) is 8.23. The topological polar surface area (TPSA) is 98.7 Å². The van der Waals surface area contributed by atoms with E-state index in [0.29, 0.717) is 68.7 Å². The number of carbonyl (C=O) groups excluding carboxylic acids is 1. The molecule has 2 saturated heterocycles. The SMILES string of the molecule is COc1c(Cl)cc(C(=O)NC[C@@H]2CCN(CCC3OCCO3)C[C@H]2O)c2c1OCCCO2. The minimum atomic E-state index is -0.523. The molecular weight excluding hydrogens is 440 g/mol. The Hall–Kier alpha value is -1.78. The van der Waals surface area contributed by atoms with Crippen LogP contribution in [0.25, 0.3) is 0 Å².